The molecule has 0 aromatic heterocycles. The first-order valence-corrected chi connectivity index (χ1v) is 6.04. The molecule has 1 aromatic rings. The smallest absolute Gasteiger partial charge is 0.202 e. The molecular formula is C9H5Cl2NO2S. The Balaban J connectivity index is 3.34. The minimum Gasteiger partial charge on any atom is -0.219 e. The molecule has 3 nitrogen and oxygen atoms in total. The lowest BCUT2D eigenvalue weighted by molar-refractivity contribution is 0.604. The zero-order chi connectivity index (χ0) is 11.5. The van der Waals surface area contributed by atoms with E-state index in [9.17, 15) is 8.42 Å². The number of allylic oxidation sites excluding steroid dienone is 1. The van der Waals surface area contributed by atoms with Gasteiger partial charge in [0, 0.05) is 16.5 Å². The van der Waals surface area contributed by atoms with Gasteiger partial charge < -0.3 is 0 Å². The van der Waals surface area contributed by atoms with Crippen molar-refractivity contribution < 1.29 is 8.42 Å². The summed E-state index contributed by atoms with van der Waals surface area (Å²) in [4.78, 5) is -0.108. The van der Waals surface area contributed by atoms with E-state index in [1.54, 1.807) is 6.07 Å². The first kappa shape index (κ1) is 12.1. The molecule has 1 aromatic carbocycles. The van der Waals surface area contributed by atoms with Crippen LogP contribution in [0.25, 0.3) is 0 Å². The van der Waals surface area contributed by atoms with Crippen LogP contribution in [0.1, 0.15) is 0 Å². The van der Waals surface area contributed by atoms with Gasteiger partial charge in [-0.3, -0.25) is 0 Å². The van der Waals surface area contributed by atoms with Gasteiger partial charge in [0.25, 0.3) is 0 Å². The SMILES string of the molecule is N#CC=CS(=O)(=O)c1cc(Cl)ccc1Cl. The minimum absolute atomic E-state index is 0.0713. The number of benzene rings is 1. The number of nitrogens with zero attached hydrogens (tertiary/aromatic N) is 1. The highest BCUT2D eigenvalue weighted by Crippen LogP contribution is 2.26. The second-order valence-corrected chi connectivity index (χ2v) is 5.20. The van der Waals surface area contributed by atoms with E-state index in [0.717, 1.165) is 11.5 Å². The van der Waals surface area contributed by atoms with Crippen LogP contribution in [0.4, 0.5) is 0 Å². The number of sulfone groups is 1. The minimum atomic E-state index is -3.70. The van der Waals surface area contributed by atoms with Crippen LogP contribution in [-0.2, 0) is 9.84 Å². The molecule has 0 aliphatic carbocycles. The zero-order valence-electron chi connectivity index (χ0n) is 7.31. The van der Waals surface area contributed by atoms with Gasteiger partial charge in [-0.2, -0.15) is 5.26 Å². The quantitative estimate of drug-likeness (QED) is 0.770. The molecule has 0 heterocycles. The van der Waals surface area contributed by atoms with Crippen LogP contribution in [0.5, 0.6) is 0 Å². The van der Waals surface area contributed by atoms with Crippen LogP contribution < -0.4 is 0 Å². The van der Waals surface area contributed by atoms with Crippen LogP contribution in [-0.4, -0.2) is 8.42 Å². The number of hydrogen-bond acceptors (Lipinski definition) is 3. The Hall–Kier alpha value is -1.02. The number of rotatable bonds is 2. The average Bonchev–Trinajstić information content (AvgIpc) is 2.18. The van der Waals surface area contributed by atoms with Crippen LogP contribution in [0.15, 0.2) is 34.6 Å². The predicted molar refractivity (Wildman–Crippen MR) is 58.4 cm³/mol. The predicted octanol–water partition coefficient (Wildman–Crippen LogP) is 2.80. The molecule has 15 heavy (non-hydrogen) atoms. The fraction of sp³-hybridized carbons (Fsp3) is 0. The Morgan fingerprint density at radius 1 is 1.33 bits per heavy atom. The van der Waals surface area contributed by atoms with Crippen molar-refractivity contribution >= 4 is 33.0 Å². The molecular weight excluding hydrogens is 257 g/mol. The number of halogens is 2. The third-order valence-electron chi connectivity index (χ3n) is 1.52. The number of hydrogen-bond donors (Lipinski definition) is 0. The van der Waals surface area contributed by atoms with Gasteiger partial charge in [0.1, 0.15) is 0 Å². The molecule has 1 rings (SSSR count). The lowest BCUT2D eigenvalue weighted by atomic mass is 10.4. The second kappa shape index (κ2) is 4.67. The fourth-order valence-corrected chi connectivity index (χ4v) is 2.58. The van der Waals surface area contributed by atoms with Crippen molar-refractivity contribution in [2.75, 3.05) is 0 Å². The maximum absolute atomic E-state index is 11.6. The van der Waals surface area contributed by atoms with Crippen LogP contribution >= 0.6 is 23.2 Å². The Labute approximate surface area is 97.5 Å². The average molecular weight is 262 g/mol. The van der Waals surface area contributed by atoms with Crippen LogP contribution in [0.3, 0.4) is 0 Å². The van der Waals surface area contributed by atoms with Gasteiger partial charge in [-0.1, -0.05) is 23.2 Å². The third kappa shape index (κ3) is 2.96. The molecule has 0 bridgehead atoms. The summed E-state index contributed by atoms with van der Waals surface area (Å²) in [5, 5.41) is 9.36. The zero-order valence-corrected chi connectivity index (χ0v) is 9.64. The molecule has 0 amide bonds. The molecule has 0 aliphatic rings. The van der Waals surface area contributed by atoms with E-state index in [2.05, 4.69) is 0 Å². The first-order valence-electron chi connectivity index (χ1n) is 3.73. The van der Waals surface area contributed by atoms with E-state index in [0.29, 0.717) is 0 Å². The van der Waals surface area contributed by atoms with Gasteiger partial charge in [0.15, 0.2) is 0 Å². The summed E-state index contributed by atoms with van der Waals surface area (Å²) in [6, 6.07) is 5.70. The van der Waals surface area contributed by atoms with Crippen molar-refractivity contribution in [3.63, 3.8) is 0 Å². The van der Waals surface area contributed by atoms with Crippen molar-refractivity contribution in [1.29, 1.82) is 5.26 Å². The van der Waals surface area contributed by atoms with E-state index in [1.165, 1.54) is 18.2 Å². The third-order valence-corrected chi connectivity index (χ3v) is 3.64. The van der Waals surface area contributed by atoms with E-state index in [-0.39, 0.29) is 14.9 Å². The van der Waals surface area contributed by atoms with Crippen molar-refractivity contribution in [2.24, 2.45) is 0 Å². The fourth-order valence-electron chi connectivity index (χ4n) is 0.889. The van der Waals surface area contributed by atoms with Gasteiger partial charge in [-0.15, -0.1) is 0 Å². The van der Waals surface area contributed by atoms with Crippen molar-refractivity contribution in [1.82, 2.24) is 0 Å². The van der Waals surface area contributed by atoms with Gasteiger partial charge in [0.2, 0.25) is 9.84 Å². The summed E-state index contributed by atoms with van der Waals surface area (Å²) in [5.74, 6) is 0. The van der Waals surface area contributed by atoms with E-state index in [1.807, 2.05) is 0 Å². The van der Waals surface area contributed by atoms with Crippen molar-refractivity contribution in [3.8, 4) is 6.07 Å². The Morgan fingerprint density at radius 2 is 2.00 bits per heavy atom. The standard InChI is InChI=1S/C9H5Cl2NO2S/c10-7-2-3-8(11)9(6-7)15(13,14)5-1-4-12/h1-3,5-6H. The Kier molecular flexibility index (Phi) is 3.75. The summed E-state index contributed by atoms with van der Waals surface area (Å²) in [7, 11) is -3.70. The van der Waals surface area contributed by atoms with Gasteiger partial charge >= 0.3 is 0 Å². The second-order valence-electron chi connectivity index (χ2n) is 2.55. The highest BCUT2D eigenvalue weighted by molar-refractivity contribution is 7.94. The molecule has 0 fully saturated rings. The lowest BCUT2D eigenvalue weighted by Gasteiger charge is -2.01. The number of nitriles is 1. The normalized spacial score (nSPS) is 11.5. The molecule has 0 N–H and O–H groups in total. The summed E-state index contributed by atoms with van der Waals surface area (Å²) in [6.07, 6.45) is 0.868. The highest BCUT2D eigenvalue weighted by Gasteiger charge is 2.15. The van der Waals surface area contributed by atoms with E-state index in [4.69, 9.17) is 28.5 Å². The summed E-state index contributed by atoms with van der Waals surface area (Å²) < 4.78 is 23.2. The monoisotopic (exact) mass is 261 g/mol. The van der Waals surface area contributed by atoms with Crippen molar-refractivity contribution in [2.45, 2.75) is 4.90 Å². The Morgan fingerprint density at radius 3 is 2.60 bits per heavy atom. The Bertz CT molecular complexity index is 544. The van der Waals surface area contributed by atoms with Gasteiger partial charge in [-0.25, -0.2) is 8.42 Å². The molecule has 6 heteroatoms. The van der Waals surface area contributed by atoms with Gasteiger partial charge in [0.05, 0.1) is 16.0 Å². The van der Waals surface area contributed by atoms with E-state index >= 15 is 0 Å². The van der Waals surface area contributed by atoms with Crippen molar-refractivity contribution in [3.05, 3.63) is 39.7 Å². The molecule has 78 valence electrons. The van der Waals surface area contributed by atoms with Crippen LogP contribution in [0, 0.1) is 11.3 Å². The molecule has 0 unspecified atom stereocenters. The highest BCUT2D eigenvalue weighted by atomic mass is 35.5. The molecule has 0 radical (unpaired) electrons. The summed E-state index contributed by atoms with van der Waals surface area (Å²) in [5.41, 5.74) is 0. The molecule has 0 saturated carbocycles. The van der Waals surface area contributed by atoms with Crippen LogP contribution in [0.2, 0.25) is 10.0 Å². The maximum Gasteiger partial charge on any atom is 0.202 e. The summed E-state index contributed by atoms with van der Waals surface area (Å²) in [6.45, 7) is 0. The topological polar surface area (TPSA) is 57.9 Å². The molecule has 0 aliphatic heterocycles. The lowest BCUT2D eigenvalue weighted by Crippen LogP contribution is -1.97. The molecule has 0 spiro atoms. The largest absolute Gasteiger partial charge is 0.219 e. The van der Waals surface area contributed by atoms with E-state index < -0.39 is 9.84 Å². The first-order chi connectivity index (χ1) is 6.97. The summed E-state index contributed by atoms with van der Waals surface area (Å²) >= 11 is 11.3. The maximum atomic E-state index is 11.6. The van der Waals surface area contributed by atoms with Gasteiger partial charge in [-0.05, 0) is 18.2 Å². The molecule has 0 atom stereocenters. The molecule has 0 saturated heterocycles.